The number of carbonyl (C=O) groups is 1. The van der Waals surface area contributed by atoms with Gasteiger partial charge in [0.25, 0.3) is 0 Å². The minimum Gasteiger partial charge on any atom is -0.477 e. The number of benzene rings is 1. The van der Waals surface area contributed by atoms with E-state index in [1.807, 2.05) is 6.92 Å². The zero-order chi connectivity index (χ0) is 13.6. The SMILES string of the molecule is Cc1ccc(C2Cn3nc(C)c(C(=O)O)c3N2)cc1. The van der Waals surface area contributed by atoms with Crippen LogP contribution in [0.25, 0.3) is 0 Å². The van der Waals surface area contributed by atoms with Crippen LogP contribution in [0.2, 0.25) is 0 Å². The summed E-state index contributed by atoms with van der Waals surface area (Å²) in [4.78, 5) is 11.2. The highest BCUT2D eigenvalue weighted by Crippen LogP contribution is 2.32. The Kier molecular flexibility index (Phi) is 2.55. The van der Waals surface area contributed by atoms with Crippen molar-refractivity contribution in [2.45, 2.75) is 26.4 Å². The molecule has 2 heterocycles. The lowest BCUT2D eigenvalue weighted by molar-refractivity contribution is 0.0697. The van der Waals surface area contributed by atoms with Gasteiger partial charge in [0.15, 0.2) is 0 Å². The third-order valence-electron chi connectivity index (χ3n) is 3.49. The molecule has 2 aromatic rings. The summed E-state index contributed by atoms with van der Waals surface area (Å²) in [6, 6.07) is 8.32. The number of aromatic carboxylic acids is 1. The van der Waals surface area contributed by atoms with Crippen molar-refractivity contribution in [3.63, 3.8) is 0 Å². The van der Waals surface area contributed by atoms with Gasteiger partial charge < -0.3 is 10.4 Å². The van der Waals surface area contributed by atoms with Crippen molar-refractivity contribution in [2.24, 2.45) is 0 Å². The van der Waals surface area contributed by atoms with Gasteiger partial charge in [-0.2, -0.15) is 5.10 Å². The van der Waals surface area contributed by atoms with Crippen LogP contribution in [0.3, 0.4) is 0 Å². The Hall–Kier alpha value is -2.30. The van der Waals surface area contributed by atoms with E-state index >= 15 is 0 Å². The molecule has 1 aliphatic heterocycles. The molecule has 98 valence electrons. The summed E-state index contributed by atoms with van der Waals surface area (Å²) in [6.07, 6.45) is 0. The number of hydrogen-bond donors (Lipinski definition) is 2. The van der Waals surface area contributed by atoms with Crippen molar-refractivity contribution >= 4 is 11.8 Å². The fraction of sp³-hybridized carbons (Fsp3) is 0.286. The van der Waals surface area contributed by atoms with E-state index in [0.29, 0.717) is 18.1 Å². The van der Waals surface area contributed by atoms with Crippen LogP contribution < -0.4 is 5.32 Å². The number of nitrogens with one attached hydrogen (secondary N) is 1. The van der Waals surface area contributed by atoms with E-state index in [9.17, 15) is 9.90 Å². The minimum absolute atomic E-state index is 0.0850. The van der Waals surface area contributed by atoms with E-state index in [2.05, 4.69) is 34.7 Å². The predicted octanol–water partition coefficient (Wildman–Crippen LogP) is 2.36. The first-order valence-electron chi connectivity index (χ1n) is 6.20. The van der Waals surface area contributed by atoms with Crippen LogP contribution in [0.5, 0.6) is 0 Å². The van der Waals surface area contributed by atoms with E-state index in [4.69, 9.17) is 0 Å². The molecule has 2 N–H and O–H groups in total. The van der Waals surface area contributed by atoms with Crippen molar-refractivity contribution < 1.29 is 9.90 Å². The molecule has 1 aromatic heterocycles. The standard InChI is InChI=1S/C14H15N3O2/c1-8-3-5-10(6-4-8)11-7-17-13(15-11)12(14(18)19)9(2)16-17/h3-6,11,15H,7H2,1-2H3,(H,18,19). The fourth-order valence-corrected chi connectivity index (χ4v) is 2.49. The number of hydrogen-bond acceptors (Lipinski definition) is 3. The zero-order valence-corrected chi connectivity index (χ0v) is 10.8. The van der Waals surface area contributed by atoms with E-state index in [1.165, 1.54) is 5.56 Å². The maximum absolute atomic E-state index is 11.2. The Morgan fingerprint density at radius 2 is 2.05 bits per heavy atom. The third-order valence-corrected chi connectivity index (χ3v) is 3.49. The Labute approximate surface area is 110 Å². The molecule has 0 fully saturated rings. The molecule has 0 spiro atoms. The molecule has 19 heavy (non-hydrogen) atoms. The van der Waals surface area contributed by atoms with Crippen molar-refractivity contribution in [3.05, 3.63) is 46.6 Å². The summed E-state index contributed by atoms with van der Waals surface area (Å²) in [7, 11) is 0. The molecule has 0 saturated carbocycles. The first kappa shape index (κ1) is 11.8. The molecular weight excluding hydrogens is 242 g/mol. The van der Waals surface area contributed by atoms with Gasteiger partial charge in [-0.15, -0.1) is 0 Å². The van der Waals surface area contributed by atoms with Gasteiger partial charge in [-0.25, -0.2) is 9.48 Å². The van der Waals surface area contributed by atoms with Gasteiger partial charge in [0.1, 0.15) is 11.4 Å². The first-order chi connectivity index (χ1) is 9.06. The monoisotopic (exact) mass is 257 g/mol. The summed E-state index contributed by atoms with van der Waals surface area (Å²) < 4.78 is 1.74. The molecule has 5 heteroatoms. The Bertz CT molecular complexity index is 643. The quantitative estimate of drug-likeness (QED) is 0.866. The van der Waals surface area contributed by atoms with E-state index in [1.54, 1.807) is 11.6 Å². The van der Waals surface area contributed by atoms with Gasteiger partial charge in [-0.3, -0.25) is 0 Å². The number of nitrogens with zero attached hydrogens (tertiary/aromatic N) is 2. The molecular formula is C14H15N3O2. The molecule has 0 amide bonds. The minimum atomic E-state index is -0.934. The molecule has 0 saturated heterocycles. The molecule has 0 bridgehead atoms. The van der Waals surface area contributed by atoms with Crippen molar-refractivity contribution in [1.29, 1.82) is 0 Å². The highest BCUT2D eigenvalue weighted by molar-refractivity contribution is 5.95. The zero-order valence-electron chi connectivity index (χ0n) is 10.8. The number of aryl methyl sites for hydroxylation is 2. The van der Waals surface area contributed by atoms with Crippen molar-refractivity contribution in [1.82, 2.24) is 9.78 Å². The molecule has 1 unspecified atom stereocenters. The first-order valence-corrected chi connectivity index (χ1v) is 6.20. The smallest absolute Gasteiger partial charge is 0.341 e. The van der Waals surface area contributed by atoms with Crippen molar-refractivity contribution in [2.75, 3.05) is 5.32 Å². The number of carboxylic acid groups (broad SMARTS) is 1. The summed E-state index contributed by atoms with van der Waals surface area (Å²) in [5, 5.41) is 16.8. The summed E-state index contributed by atoms with van der Waals surface area (Å²) in [5.41, 5.74) is 3.18. The number of anilines is 1. The van der Waals surface area contributed by atoms with Crippen LogP contribution in [-0.4, -0.2) is 20.9 Å². The highest BCUT2D eigenvalue weighted by atomic mass is 16.4. The maximum Gasteiger partial charge on any atom is 0.341 e. The molecule has 3 rings (SSSR count). The van der Waals surface area contributed by atoms with Gasteiger partial charge in [-0.05, 0) is 19.4 Å². The van der Waals surface area contributed by atoms with Crippen molar-refractivity contribution in [3.8, 4) is 0 Å². The van der Waals surface area contributed by atoms with Gasteiger partial charge in [0.05, 0.1) is 18.3 Å². The lowest BCUT2D eigenvalue weighted by atomic mass is 10.1. The second-order valence-corrected chi connectivity index (χ2v) is 4.90. The normalized spacial score (nSPS) is 17.1. The maximum atomic E-state index is 11.2. The second kappa shape index (κ2) is 4.12. The van der Waals surface area contributed by atoms with Gasteiger partial charge in [-0.1, -0.05) is 29.8 Å². The Morgan fingerprint density at radius 3 is 2.68 bits per heavy atom. The second-order valence-electron chi connectivity index (χ2n) is 4.90. The number of aromatic nitrogens is 2. The summed E-state index contributed by atoms with van der Waals surface area (Å²) >= 11 is 0. The molecule has 1 aromatic carbocycles. The topological polar surface area (TPSA) is 67.2 Å². The van der Waals surface area contributed by atoms with E-state index in [0.717, 1.165) is 5.56 Å². The predicted molar refractivity (Wildman–Crippen MR) is 71.5 cm³/mol. The molecule has 0 radical (unpaired) electrons. The number of carboxylic acids is 1. The fourth-order valence-electron chi connectivity index (χ4n) is 2.49. The van der Waals surface area contributed by atoms with Crippen LogP contribution in [0.15, 0.2) is 24.3 Å². The van der Waals surface area contributed by atoms with Gasteiger partial charge in [0.2, 0.25) is 0 Å². The molecule has 1 aliphatic rings. The number of fused-ring (bicyclic) bond motifs is 1. The van der Waals surface area contributed by atoms with Gasteiger partial charge in [0, 0.05) is 0 Å². The molecule has 1 atom stereocenters. The van der Waals surface area contributed by atoms with Crippen LogP contribution in [0.1, 0.15) is 33.2 Å². The summed E-state index contributed by atoms with van der Waals surface area (Å²) in [5.74, 6) is -0.327. The average Bonchev–Trinajstić information content (AvgIpc) is 2.85. The van der Waals surface area contributed by atoms with Gasteiger partial charge >= 0.3 is 5.97 Å². The lowest BCUT2D eigenvalue weighted by Crippen LogP contribution is -2.09. The van der Waals surface area contributed by atoms with Crippen LogP contribution in [0.4, 0.5) is 5.82 Å². The molecule has 0 aliphatic carbocycles. The van der Waals surface area contributed by atoms with Crippen LogP contribution in [-0.2, 0) is 6.54 Å². The average molecular weight is 257 g/mol. The largest absolute Gasteiger partial charge is 0.477 e. The summed E-state index contributed by atoms with van der Waals surface area (Å²) in [6.45, 7) is 4.42. The highest BCUT2D eigenvalue weighted by Gasteiger charge is 2.30. The lowest BCUT2D eigenvalue weighted by Gasteiger charge is -2.11. The Morgan fingerprint density at radius 1 is 1.37 bits per heavy atom. The van der Waals surface area contributed by atoms with E-state index in [-0.39, 0.29) is 11.6 Å². The van der Waals surface area contributed by atoms with Crippen LogP contribution >= 0.6 is 0 Å². The van der Waals surface area contributed by atoms with Crippen LogP contribution in [0, 0.1) is 13.8 Å². The van der Waals surface area contributed by atoms with E-state index < -0.39 is 5.97 Å². The Balaban J connectivity index is 1.92. The molecule has 5 nitrogen and oxygen atoms in total. The third kappa shape index (κ3) is 1.87. The number of rotatable bonds is 2.